The first-order chi connectivity index (χ1) is 32.5. The summed E-state index contributed by atoms with van der Waals surface area (Å²) in [6.07, 6.45) is 62.7. The second kappa shape index (κ2) is 56.0. The molecule has 1 atom stereocenters. The van der Waals surface area contributed by atoms with Gasteiger partial charge >= 0.3 is 17.9 Å². The van der Waals surface area contributed by atoms with Crippen LogP contribution in [0.4, 0.5) is 0 Å². The van der Waals surface area contributed by atoms with Crippen molar-refractivity contribution in [1.82, 2.24) is 0 Å². The molecule has 66 heavy (non-hydrogen) atoms. The van der Waals surface area contributed by atoms with Gasteiger partial charge < -0.3 is 14.2 Å². The summed E-state index contributed by atoms with van der Waals surface area (Å²) in [6, 6.07) is 0. The highest BCUT2D eigenvalue weighted by molar-refractivity contribution is 5.71. The maximum atomic E-state index is 12.8. The molecule has 0 amide bonds. The van der Waals surface area contributed by atoms with Crippen LogP contribution in [0.5, 0.6) is 0 Å². The van der Waals surface area contributed by atoms with Gasteiger partial charge in [0.2, 0.25) is 0 Å². The number of carbonyl (C=O) groups excluding carboxylic acids is 3. The Morgan fingerprint density at radius 3 is 0.606 bits per heavy atom. The summed E-state index contributed by atoms with van der Waals surface area (Å²) in [5.41, 5.74) is 0. The minimum atomic E-state index is -0.760. The quantitative estimate of drug-likeness (QED) is 0.0343. The van der Waals surface area contributed by atoms with Crippen LogP contribution in [-0.4, -0.2) is 37.2 Å². The van der Waals surface area contributed by atoms with Crippen LogP contribution >= 0.6 is 0 Å². The molecular weight excluding hydrogens is 817 g/mol. The molecule has 0 aliphatic carbocycles. The number of esters is 3. The van der Waals surface area contributed by atoms with Crippen molar-refractivity contribution < 1.29 is 28.6 Å². The van der Waals surface area contributed by atoms with Crippen molar-refractivity contribution in [2.75, 3.05) is 13.2 Å². The second-order valence-corrected chi connectivity index (χ2v) is 20.6. The molecule has 0 bridgehead atoms. The SMILES string of the molecule is CCCCCCCCCCCCCCCCCCCCCCCCCCCCC(=O)OCC(COC(=O)CCCCCCCCCC)OC(=O)CCCCCCCCCCCCCCCC. The van der Waals surface area contributed by atoms with E-state index in [1.807, 2.05) is 0 Å². The van der Waals surface area contributed by atoms with Gasteiger partial charge in [-0.3, -0.25) is 14.4 Å². The van der Waals surface area contributed by atoms with Gasteiger partial charge in [-0.05, 0) is 19.3 Å². The van der Waals surface area contributed by atoms with Gasteiger partial charge in [0.1, 0.15) is 13.2 Å². The van der Waals surface area contributed by atoms with Crippen molar-refractivity contribution >= 4 is 17.9 Å². The molecule has 0 N–H and O–H groups in total. The van der Waals surface area contributed by atoms with Crippen LogP contribution in [0.2, 0.25) is 0 Å². The van der Waals surface area contributed by atoms with E-state index in [1.165, 1.54) is 250 Å². The third kappa shape index (κ3) is 53.4. The molecule has 0 aromatic heterocycles. The van der Waals surface area contributed by atoms with Crippen LogP contribution < -0.4 is 0 Å². The Hall–Kier alpha value is -1.59. The van der Waals surface area contributed by atoms with Crippen LogP contribution in [0, 0.1) is 0 Å². The monoisotopic (exact) mass is 933 g/mol. The highest BCUT2D eigenvalue weighted by Crippen LogP contribution is 2.18. The van der Waals surface area contributed by atoms with E-state index in [9.17, 15) is 14.4 Å². The van der Waals surface area contributed by atoms with Gasteiger partial charge in [-0.25, -0.2) is 0 Å². The molecule has 0 fully saturated rings. The van der Waals surface area contributed by atoms with Gasteiger partial charge in [0.15, 0.2) is 6.10 Å². The predicted molar refractivity (Wildman–Crippen MR) is 284 cm³/mol. The Balaban J connectivity index is 4.05. The summed E-state index contributed by atoms with van der Waals surface area (Å²) in [5, 5.41) is 0. The van der Waals surface area contributed by atoms with Gasteiger partial charge in [0.25, 0.3) is 0 Å². The lowest BCUT2D eigenvalue weighted by Gasteiger charge is -2.18. The fraction of sp³-hybridized carbons (Fsp3) is 0.950. The summed E-state index contributed by atoms with van der Waals surface area (Å²) in [6.45, 7) is 6.67. The molecule has 6 heteroatoms. The Morgan fingerprint density at radius 2 is 0.409 bits per heavy atom. The fourth-order valence-electron chi connectivity index (χ4n) is 9.33. The molecule has 0 rings (SSSR count). The van der Waals surface area contributed by atoms with Crippen LogP contribution in [0.3, 0.4) is 0 Å². The Kier molecular flexibility index (Phi) is 54.7. The van der Waals surface area contributed by atoms with Crippen molar-refractivity contribution in [2.45, 2.75) is 354 Å². The van der Waals surface area contributed by atoms with Gasteiger partial charge in [-0.2, -0.15) is 0 Å². The number of hydrogen-bond donors (Lipinski definition) is 0. The summed E-state index contributed by atoms with van der Waals surface area (Å²) >= 11 is 0. The average Bonchev–Trinajstić information content (AvgIpc) is 3.31. The Morgan fingerprint density at radius 1 is 0.242 bits per heavy atom. The molecule has 0 saturated heterocycles. The molecule has 0 heterocycles. The van der Waals surface area contributed by atoms with Crippen molar-refractivity contribution in [2.24, 2.45) is 0 Å². The zero-order valence-corrected chi connectivity index (χ0v) is 45.0. The van der Waals surface area contributed by atoms with E-state index in [-0.39, 0.29) is 31.1 Å². The molecule has 0 saturated carbocycles. The third-order valence-corrected chi connectivity index (χ3v) is 13.9. The van der Waals surface area contributed by atoms with Crippen molar-refractivity contribution in [3.05, 3.63) is 0 Å². The van der Waals surface area contributed by atoms with E-state index in [0.717, 1.165) is 57.8 Å². The Labute approximate surface area is 412 Å². The van der Waals surface area contributed by atoms with Gasteiger partial charge in [-0.15, -0.1) is 0 Å². The number of ether oxygens (including phenoxy) is 3. The zero-order chi connectivity index (χ0) is 47.9. The first-order valence-corrected chi connectivity index (χ1v) is 30.0. The summed E-state index contributed by atoms with van der Waals surface area (Å²) in [4.78, 5) is 38.0. The molecule has 0 aromatic carbocycles. The molecule has 0 aliphatic rings. The topological polar surface area (TPSA) is 78.9 Å². The van der Waals surface area contributed by atoms with Gasteiger partial charge in [-0.1, -0.05) is 310 Å². The molecule has 6 nitrogen and oxygen atoms in total. The summed E-state index contributed by atoms with van der Waals surface area (Å²) in [5.74, 6) is -0.840. The largest absolute Gasteiger partial charge is 0.462 e. The molecule has 0 spiro atoms. The lowest BCUT2D eigenvalue weighted by atomic mass is 10.0. The van der Waals surface area contributed by atoms with Gasteiger partial charge in [0, 0.05) is 19.3 Å². The van der Waals surface area contributed by atoms with E-state index in [0.29, 0.717) is 19.3 Å². The Bertz CT molecular complexity index is 982. The second-order valence-electron chi connectivity index (χ2n) is 20.6. The summed E-state index contributed by atoms with van der Waals surface area (Å²) in [7, 11) is 0. The molecule has 0 radical (unpaired) electrons. The molecular formula is C60H116O6. The minimum absolute atomic E-state index is 0.0617. The zero-order valence-electron chi connectivity index (χ0n) is 45.0. The van der Waals surface area contributed by atoms with E-state index >= 15 is 0 Å². The van der Waals surface area contributed by atoms with Crippen molar-refractivity contribution in [3.63, 3.8) is 0 Å². The number of hydrogen-bond acceptors (Lipinski definition) is 6. The molecule has 0 aromatic rings. The molecule has 392 valence electrons. The van der Waals surface area contributed by atoms with Gasteiger partial charge in [0.05, 0.1) is 0 Å². The minimum Gasteiger partial charge on any atom is -0.462 e. The predicted octanol–water partition coefficient (Wildman–Crippen LogP) is 19.9. The average molecular weight is 934 g/mol. The van der Waals surface area contributed by atoms with Crippen LogP contribution in [0.25, 0.3) is 0 Å². The molecule has 0 aliphatic heterocycles. The lowest BCUT2D eigenvalue weighted by molar-refractivity contribution is -0.167. The van der Waals surface area contributed by atoms with E-state index in [2.05, 4.69) is 20.8 Å². The first-order valence-electron chi connectivity index (χ1n) is 30.0. The summed E-state index contributed by atoms with van der Waals surface area (Å²) < 4.78 is 16.8. The molecule has 1 unspecified atom stereocenters. The lowest BCUT2D eigenvalue weighted by Crippen LogP contribution is -2.30. The highest BCUT2D eigenvalue weighted by atomic mass is 16.6. The standard InChI is InChI=1S/C60H116O6/c1-4-7-10-13-16-19-21-23-25-26-27-28-29-30-31-32-33-34-35-36-38-39-41-44-47-50-53-59(62)65-56-57(55-64-58(61)52-49-46-43-18-15-12-9-6-3)66-60(63)54-51-48-45-42-40-37-24-22-20-17-14-11-8-5-2/h57H,4-56H2,1-3H3. The van der Waals surface area contributed by atoms with E-state index < -0.39 is 6.10 Å². The van der Waals surface area contributed by atoms with Crippen LogP contribution in [-0.2, 0) is 28.6 Å². The van der Waals surface area contributed by atoms with E-state index in [1.54, 1.807) is 0 Å². The number of rotatable bonds is 56. The van der Waals surface area contributed by atoms with Crippen LogP contribution in [0.1, 0.15) is 348 Å². The maximum absolute atomic E-state index is 12.8. The normalized spacial score (nSPS) is 11.9. The van der Waals surface area contributed by atoms with Crippen LogP contribution in [0.15, 0.2) is 0 Å². The fourth-order valence-corrected chi connectivity index (χ4v) is 9.33. The third-order valence-electron chi connectivity index (χ3n) is 13.9. The number of unbranched alkanes of at least 4 members (excludes halogenated alkanes) is 45. The first kappa shape index (κ1) is 64.4. The smallest absolute Gasteiger partial charge is 0.306 e. The van der Waals surface area contributed by atoms with E-state index in [4.69, 9.17) is 14.2 Å². The number of carbonyl (C=O) groups is 3. The van der Waals surface area contributed by atoms with Crippen molar-refractivity contribution in [1.29, 1.82) is 0 Å². The van der Waals surface area contributed by atoms with Crippen molar-refractivity contribution in [3.8, 4) is 0 Å². The highest BCUT2D eigenvalue weighted by Gasteiger charge is 2.19. The maximum Gasteiger partial charge on any atom is 0.306 e.